The Balaban J connectivity index is 0.000000499. The van der Waals surface area contributed by atoms with Gasteiger partial charge in [0.15, 0.2) is 0 Å². The molecule has 0 bridgehead atoms. The first-order valence-electron chi connectivity index (χ1n) is 11.2. The number of hydrogen-bond acceptors (Lipinski definition) is 5. The predicted octanol–water partition coefficient (Wildman–Crippen LogP) is 4.87. The molecule has 180 valence electrons. The molecule has 5 rings (SSSR count). The number of nitrogens with one attached hydrogen (secondary N) is 1. The van der Waals surface area contributed by atoms with Crippen molar-refractivity contribution in [3.8, 4) is 0 Å². The van der Waals surface area contributed by atoms with Crippen molar-refractivity contribution in [2.75, 3.05) is 43.4 Å². The standard InChI is InChI=1S/C25H27N3S.H3O4P/c1-18(19-7-10-21(11-8-19)28-15-13-27(2)14-16-28)20-9-12-25-23(17-20)26-22-5-3-4-6-24(22)29-25;1-5(2,3)4/h3-12,17-18,26H,13-16H2,1-2H3;(H3,1,2,3,4). The summed E-state index contributed by atoms with van der Waals surface area (Å²) in [6.45, 7) is 6.81. The summed E-state index contributed by atoms with van der Waals surface area (Å²) >= 11 is 1.85. The van der Waals surface area contributed by atoms with Crippen LogP contribution in [0.1, 0.15) is 24.0 Å². The summed E-state index contributed by atoms with van der Waals surface area (Å²) < 4.78 is 8.88. The number of nitrogens with zero attached hydrogens (tertiary/aromatic N) is 2. The van der Waals surface area contributed by atoms with E-state index >= 15 is 0 Å². The molecule has 1 saturated heterocycles. The fourth-order valence-electron chi connectivity index (χ4n) is 4.16. The zero-order valence-electron chi connectivity index (χ0n) is 19.3. The Labute approximate surface area is 204 Å². The zero-order chi connectivity index (χ0) is 24.3. The van der Waals surface area contributed by atoms with Crippen LogP contribution in [0.4, 0.5) is 17.1 Å². The van der Waals surface area contributed by atoms with Crippen LogP contribution in [-0.4, -0.2) is 52.8 Å². The summed E-state index contributed by atoms with van der Waals surface area (Å²) in [7, 11) is -2.44. The quantitative estimate of drug-likeness (QED) is 0.297. The number of piperazine rings is 1. The van der Waals surface area contributed by atoms with E-state index in [9.17, 15) is 0 Å². The molecule has 1 atom stereocenters. The highest BCUT2D eigenvalue weighted by atomic mass is 32.2. The highest BCUT2D eigenvalue weighted by Gasteiger charge is 2.18. The molecule has 0 aliphatic carbocycles. The lowest BCUT2D eigenvalue weighted by Crippen LogP contribution is -2.44. The van der Waals surface area contributed by atoms with Gasteiger partial charge in [-0.25, -0.2) is 4.57 Å². The Morgan fingerprint density at radius 3 is 2.12 bits per heavy atom. The van der Waals surface area contributed by atoms with Crippen LogP contribution in [0.3, 0.4) is 0 Å². The van der Waals surface area contributed by atoms with Crippen LogP contribution < -0.4 is 10.2 Å². The molecule has 9 heteroatoms. The number of phosphoric acid groups is 1. The van der Waals surface area contributed by atoms with E-state index in [0.29, 0.717) is 5.92 Å². The Kier molecular flexibility index (Phi) is 7.67. The Bertz CT molecular complexity index is 1170. The van der Waals surface area contributed by atoms with Gasteiger partial charge in [-0.1, -0.05) is 49.0 Å². The number of para-hydroxylation sites is 1. The van der Waals surface area contributed by atoms with Gasteiger partial charge in [0.1, 0.15) is 0 Å². The number of fused-ring (bicyclic) bond motifs is 2. The van der Waals surface area contributed by atoms with Gasteiger partial charge >= 0.3 is 7.82 Å². The van der Waals surface area contributed by atoms with E-state index in [1.54, 1.807) is 0 Å². The molecule has 3 aromatic carbocycles. The second-order valence-corrected chi connectivity index (χ2v) is 10.7. The summed E-state index contributed by atoms with van der Waals surface area (Å²) in [5, 5.41) is 3.61. The third kappa shape index (κ3) is 6.42. The lowest BCUT2D eigenvalue weighted by atomic mass is 9.92. The minimum absolute atomic E-state index is 0.366. The number of benzene rings is 3. The van der Waals surface area contributed by atoms with Crippen molar-refractivity contribution in [1.82, 2.24) is 4.90 Å². The highest BCUT2D eigenvalue weighted by Crippen LogP contribution is 2.45. The molecule has 2 heterocycles. The first-order valence-corrected chi connectivity index (χ1v) is 13.5. The molecule has 34 heavy (non-hydrogen) atoms. The van der Waals surface area contributed by atoms with E-state index in [1.165, 1.54) is 38.0 Å². The van der Waals surface area contributed by atoms with E-state index < -0.39 is 7.82 Å². The van der Waals surface area contributed by atoms with E-state index in [4.69, 9.17) is 19.2 Å². The number of likely N-dealkylation sites (N-methyl/N-ethyl adjacent to an activating group) is 1. The third-order valence-electron chi connectivity index (χ3n) is 6.14. The molecule has 1 fully saturated rings. The average molecular weight is 500 g/mol. The van der Waals surface area contributed by atoms with Gasteiger partial charge in [-0.3, -0.25) is 0 Å². The van der Waals surface area contributed by atoms with Crippen LogP contribution in [0, 0.1) is 0 Å². The maximum absolute atomic E-state index is 8.88. The van der Waals surface area contributed by atoms with Crippen LogP contribution in [0.15, 0.2) is 76.5 Å². The maximum atomic E-state index is 8.88. The molecular formula is C25H30N3O4PS. The van der Waals surface area contributed by atoms with Crippen molar-refractivity contribution < 1.29 is 19.2 Å². The van der Waals surface area contributed by atoms with Crippen LogP contribution in [0.5, 0.6) is 0 Å². The molecule has 2 aliphatic heterocycles. The van der Waals surface area contributed by atoms with Gasteiger partial charge in [0.25, 0.3) is 0 Å². The number of rotatable bonds is 3. The topological polar surface area (TPSA) is 96.3 Å². The molecule has 4 N–H and O–H groups in total. The molecule has 0 radical (unpaired) electrons. The van der Waals surface area contributed by atoms with Crippen LogP contribution in [0.25, 0.3) is 0 Å². The van der Waals surface area contributed by atoms with Gasteiger partial charge in [0.05, 0.1) is 11.4 Å². The summed E-state index contributed by atoms with van der Waals surface area (Å²) in [5.74, 6) is 0.366. The molecule has 0 amide bonds. The van der Waals surface area contributed by atoms with Crippen molar-refractivity contribution >= 4 is 36.6 Å². The summed E-state index contributed by atoms with van der Waals surface area (Å²) in [6, 6.07) is 24.6. The lowest BCUT2D eigenvalue weighted by molar-refractivity contribution is 0.275. The van der Waals surface area contributed by atoms with E-state index in [-0.39, 0.29) is 0 Å². The Morgan fingerprint density at radius 1 is 0.853 bits per heavy atom. The van der Waals surface area contributed by atoms with Gasteiger partial charge in [-0.05, 0) is 54.6 Å². The molecule has 0 saturated carbocycles. The van der Waals surface area contributed by atoms with Gasteiger partial charge in [-0.15, -0.1) is 0 Å². The SMILES string of the molecule is CC(c1ccc(N2CCN(C)CC2)cc1)c1ccc2c(c1)Nc1ccccc1S2.O=P(O)(O)O. The Hall–Kier alpha value is -2.32. The largest absolute Gasteiger partial charge is 0.466 e. The van der Waals surface area contributed by atoms with E-state index in [1.807, 2.05) is 11.8 Å². The van der Waals surface area contributed by atoms with Gasteiger partial charge in [0, 0.05) is 47.6 Å². The Morgan fingerprint density at radius 2 is 1.44 bits per heavy atom. The van der Waals surface area contributed by atoms with Crippen molar-refractivity contribution in [2.24, 2.45) is 0 Å². The summed E-state index contributed by atoms with van der Waals surface area (Å²) in [4.78, 5) is 29.0. The second-order valence-electron chi connectivity index (χ2n) is 8.60. The number of hydrogen-bond donors (Lipinski definition) is 4. The minimum atomic E-state index is -4.64. The second kappa shape index (κ2) is 10.5. The fraction of sp³-hybridized carbons (Fsp3) is 0.280. The van der Waals surface area contributed by atoms with E-state index in [2.05, 4.69) is 95.8 Å². The predicted molar refractivity (Wildman–Crippen MR) is 138 cm³/mol. The van der Waals surface area contributed by atoms with Crippen LogP contribution >= 0.6 is 19.6 Å². The maximum Gasteiger partial charge on any atom is 0.466 e. The van der Waals surface area contributed by atoms with Crippen molar-refractivity contribution in [3.63, 3.8) is 0 Å². The first-order chi connectivity index (χ1) is 16.2. The smallest absolute Gasteiger partial charge is 0.369 e. The number of anilines is 3. The van der Waals surface area contributed by atoms with Crippen LogP contribution in [-0.2, 0) is 4.57 Å². The van der Waals surface area contributed by atoms with Crippen LogP contribution in [0.2, 0.25) is 0 Å². The molecule has 0 spiro atoms. The molecular weight excluding hydrogens is 469 g/mol. The van der Waals surface area contributed by atoms with Gasteiger partial charge in [0.2, 0.25) is 0 Å². The zero-order valence-corrected chi connectivity index (χ0v) is 21.0. The normalized spacial score (nSPS) is 16.4. The van der Waals surface area contributed by atoms with Gasteiger partial charge in [-0.2, -0.15) is 0 Å². The monoisotopic (exact) mass is 499 g/mol. The molecule has 3 aromatic rings. The average Bonchev–Trinajstić information content (AvgIpc) is 2.81. The minimum Gasteiger partial charge on any atom is -0.369 e. The third-order valence-corrected chi connectivity index (χ3v) is 7.29. The first kappa shape index (κ1) is 24.8. The summed E-state index contributed by atoms with van der Waals surface area (Å²) in [5.41, 5.74) is 6.47. The van der Waals surface area contributed by atoms with Crippen molar-refractivity contribution in [2.45, 2.75) is 22.6 Å². The van der Waals surface area contributed by atoms with Crippen molar-refractivity contribution in [3.05, 3.63) is 77.9 Å². The molecule has 7 nitrogen and oxygen atoms in total. The van der Waals surface area contributed by atoms with Crippen molar-refractivity contribution in [1.29, 1.82) is 0 Å². The summed E-state index contributed by atoms with van der Waals surface area (Å²) in [6.07, 6.45) is 0. The van der Waals surface area contributed by atoms with E-state index in [0.717, 1.165) is 26.2 Å². The lowest BCUT2D eigenvalue weighted by Gasteiger charge is -2.34. The molecule has 1 unspecified atom stereocenters. The fourth-order valence-corrected chi connectivity index (χ4v) is 5.13. The molecule has 0 aromatic heterocycles. The highest BCUT2D eigenvalue weighted by molar-refractivity contribution is 7.99. The molecule has 2 aliphatic rings. The van der Waals surface area contributed by atoms with Gasteiger partial charge < -0.3 is 29.8 Å².